The average Bonchev–Trinajstić information content (AvgIpc) is 2.84. The molecule has 1 aliphatic rings. The van der Waals surface area contributed by atoms with Crippen LogP contribution in [0.4, 0.5) is 5.82 Å². The number of nitrogens with zero attached hydrogens (tertiary/aromatic N) is 5. The first-order valence-corrected chi connectivity index (χ1v) is 6.85. The summed E-state index contributed by atoms with van der Waals surface area (Å²) >= 11 is 0. The zero-order valence-electron chi connectivity index (χ0n) is 12.0. The van der Waals surface area contributed by atoms with Gasteiger partial charge in [-0.1, -0.05) is 0 Å². The lowest BCUT2D eigenvalue weighted by Gasteiger charge is -2.32. The lowest BCUT2D eigenvalue weighted by Crippen LogP contribution is -2.45. The number of carboxylic acids is 1. The number of carbonyl (C=O) groups excluding carboxylic acids is 1. The second-order valence-corrected chi connectivity index (χ2v) is 5.10. The molecule has 0 aliphatic carbocycles. The predicted molar refractivity (Wildman–Crippen MR) is 74.8 cm³/mol. The SMILES string of the molecule is CN1CCN(CCC(=O)Nc2cnn(CC(=O)O)n2)CC1. The largest absolute Gasteiger partial charge is 0.480 e. The van der Waals surface area contributed by atoms with E-state index in [2.05, 4.69) is 32.4 Å². The van der Waals surface area contributed by atoms with Crippen molar-refractivity contribution in [2.45, 2.75) is 13.0 Å². The van der Waals surface area contributed by atoms with Crippen LogP contribution in [0.2, 0.25) is 0 Å². The predicted octanol–water partition coefficient (Wildman–Crippen LogP) is -1.06. The Balaban J connectivity index is 1.71. The van der Waals surface area contributed by atoms with Crippen LogP contribution in [-0.4, -0.2) is 81.5 Å². The summed E-state index contributed by atoms with van der Waals surface area (Å²) in [5, 5.41) is 18.9. The molecule has 0 atom stereocenters. The fraction of sp³-hybridized carbons (Fsp3) is 0.667. The average molecular weight is 296 g/mol. The molecule has 116 valence electrons. The molecule has 9 nitrogen and oxygen atoms in total. The van der Waals surface area contributed by atoms with Gasteiger partial charge in [0.25, 0.3) is 0 Å². The molecule has 1 saturated heterocycles. The van der Waals surface area contributed by atoms with Crippen molar-refractivity contribution in [1.82, 2.24) is 24.8 Å². The molecule has 0 bridgehead atoms. The van der Waals surface area contributed by atoms with Crippen molar-refractivity contribution in [1.29, 1.82) is 0 Å². The highest BCUT2D eigenvalue weighted by molar-refractivity contribution is 5.89. The summed E-state index contributed by atoms with van der Waals surface area (Å²) in [6.45, 7) is 4.37. The van der Waals surface area contributed by atoms with Crippen LogP contribution in [0.15, 0.2) is 6.20 Å². The number of amides is 1. The minimum absolute atomic E-state index is 0.142. The summed E-state index contributed by atoms with van der Waals surface area (Å²) in [5.74, 6) is -0.894. The Labute approximate surface area is 122 Å². The minimum atomic E-state index is -1.03. The van der Waals surface area contributed by atoms with Gasteiger partial charge in [0.1, 0.15) is 0 Å². The van der Waals surface area contributed by atoms with E-state index in [0.29, 0.717) is 13.0 Å². The zero-order valence-corrected chi connectivity index (χ0v) is 12.0. The molecule has 0 saturated carbocycles. The summed E-state index contributed by atoms with van der Waals surface area (Å²) in [6, 6.07) is 0. The standard InChI is InChI=1S/C12H20N6O3/c1-16-4-6-17(7-5-16)3-2-11(19)14-10-8-13-18(15-10)9-12(20)21/h8H,2-7,9H2,1H3,(H,20,21)(H,14,15,19). The van der Waals surface area contributed by atoms with Gasteiger partial charge in [-0.3, -0.25) is 9.59 Å². The second-order valence-electron chi connectivity index (χ2n) is 5.10. The highest BCUT2D eigenvalue weighted by Crippen LogP contribution is 2.03. The molecule has 2 rings (SSSR count). The molecule has 1 aromatic heterocycles. The molecule has 1 amide bonds. The number of aromatic nitrogens is 3. The smallest absolute Gasteiger partial charge is 0.327 e. The maximum Gasteiger partial charge on any atom is 0.327 e. The van der Waals surface area contributed by atoms with E-state index in [4.69, 9.17) is 5.11 Å². The Hall–Kier alpha value is -2.00. The van der Waals surface area contributed by atoms with Crippen molar-refractivity contribution in [2.75, 3.05) is 45.1 Å². The van der Waals surface area contributed by atoms with Gasteiger partial charge in [-0.05, 0) is 7.05 Å². The number of aliphatic carboxylic acids is 1. The quantitative estimate of drug-likeness (QED) is 0.689. The second kappa shape index (κ2) is 7.14. The van der Waals surface area contributed by atoms with E-state index in [1.165, 1.54) is 6.20 Å². The number of likely N-dealkylation sites (N-methyl/N-ethyl adjacent to an activating group) is 1. The van der Waals surface area contributed by atoms with E-state index >= 15 is 0 Å². The van der Waals surface area contributed by atoms with Gasteiger partial charge in [0.2, 0.25) is 5.91 Å². The molecule has 1 aliphatic heterocycles. The fourth-order valence-electron chi connectivity index (χ4n) is 2.09. The molecule has 1 fully saturated rings. The van der Waals surface area contributed by atoms with Crippen molar-refractivity contribution in [3.63, 3.8) is 0 Å². The number of hydrogen-bond acceptors (Lipinski definition) is 6. The molecule has 9 heteroatoms. The third-order valence-electron chi connectivity index (χ3n) is 3.33. The molecule has 0 unspecified atom stereocenters. The summed E-state index contributed by atoms with van der Waals surface area (Å²) in [4.78, 5) is 27.9. The van der Waals surface area contributed by atoms with Gasteiger partial charge in [-0.2, -0.15) is 9.90 Å². The number of anilines is 1. The van der Waals surface area contributed by atoms with Crippen LogP contribution in [0, 0.1) is 0 Å². The lowest BCUT2D eigenvalue weighted by atomic mass is 10.3. The van der Waals surface area contributed by atoms with Gasteiger partial charge in [0, 0.05) is 39.1 Å². The summed E-state index contributed by atoms with van der Waals surface area (Å²) in [7, 11) is 2.09. The number of rotatable bonds is 6. The van der Waals surface area contributed by atoms with Gasteiger partial charge in [-0.15, -0.1) is 5.10 Å². The first-order valence-electron chi connectivity index (χ1n) is 6.85. The third kappa shape index (κ3) is 5.12. The van der Waals surface area contributed by atoms with Gasteiger partial charge >= 0.3 is 5.97 Å². The molecular formula is C12H20N6O3. The van der Waals surface area contributed by atoms with E-state index in [9.17, 15) is 9.59 Å². The first kappa shape index (κ1) is 15.4. The molecule has 0 radical (unpaired) electrons. The highest BCUT2D eigenvalue weighted by Gasteiger charge is 2.15. The van der Waals surface area contributed by atoms with Crippen molar-refractivity contribution in [3.8, 4) is 0 Å². The molecule has 2 heterocycles. The van der Waals surface area contributed by atoms with Gasteiger partial charge < -0.3 is 20.2 Å². The fourth-order valence-corrected chi connectivity index (χ4v) is 2.09. The van der Waals surface area contributed by atoms with Gasteiger partial charge in [0.05, 0.1) is 6.20 Å². The van der Waals surface area contributed by atoms with E-state index < -0.39 is 5.97 Å². The Morgan fingerprint density at radius 1 is 1.33 bits per heavy atom. The van der Waals surface area contributed by atoms with Crippen LogP contribution >= 0.6 is 0 Å². The summed E-state index contributed by atoms with van der Waals surface area (Å²) in [5.41, 5.74) is 0. The van der Waals surface area contributed by atoms with E-state index in [1.54, 1.807) is 0 Å². The number of nitrogens with one attached hydrogen (secondary N) is 1. The van der Waals surface area contributed by atoms with Gasteiger partial charge in [-0.25, -0.2) is 0 Å². The number of carboxylic acid groups (broad SMARTS) is 1. The maximum absolute atomic E-state index is 11.8. The number of carbonyl (C=O) groups is 2. The molecule has 0 spiro atoms. The van der Waals surface area contributed by atoms with Crippen molar-refractivity contribution < 1.29 is 14.7 Å². The van der Waals surface area contributed by atoms with E-state index in [-0.39, 0.29) is 18.3 Å². The van der Waals surface area contributed by atoms with Crippen molar-refractivity contribution >= 4 is 17.7 Å². The molecule has 1 aromatic rings. The normalized spacial score (nSPS) is 16.8. The summed E-state index contributed by atoms with van der Waals surface area (Å²) in [6.07, 6.45) is 1.73. The van der Waals surface area contributed by atoms with E-state index in [1.807, 2.05) is 0 Å². The highest BCUT2D eigenvalue weighted by atomic mass is 16.4. The van der Waals surface area contributed by atoms with Gasteiger partial charge in [0.15, 0.2) is 12.4 Å². The number of piperazine rings is 1. The van der Waals surface area contributed by atoms with Crippen LogP contribution in [0.1, 0.15) is 6.42 Å². The van der Waals surface area contributed by atoms with Crippen LogP contribution in [0.25, 0.3) is 0 Å². The molecule has 2 N–H and O–H groups in total. The molecular weight excluding hydrogens is 276 g/mol. The monoisotopic (exact) mass is 296 g/mol. The third-order valence-corrected chi connectivity index (χ3v) is 3.33. The van der Waals surface area contributed by atoms with Crippen LogP contribution in [0.5, 0.6) is 0 Å². The zero-order chi connectivity index (χ0) is 15.2. The van der Waals surface area contributed by atoms with Crippen molar-refractivity contribution in [3.05, 3.63) is 6.20 Å². The maximum atomic E-state index is 11.8. The van der Waals surface area contributed by atoms with Crippen LogP contribution in [0.3, 0.4) is 0 Å². The Kier molecular flexibility index (Phi) is 5.23. The number of hydrogen-bond donors (Lipinski definition) is 2. The van der Waals surface area contributed by atoms with Crippen molar-refractivity contribution in [2.24, 2.45) is 0 Å². The topological polar surface area (TPSA) is 104 Å². The Morgan fingerprint density at radius 2 is 2.05 bits per heavy atom. The van der Waals surface area contributed by atoms with Crippen LogP contribution in [-0.2, 0) is 16.1 Å². The summed E-state index contributed by atoms with van der Waals surface area (Å²) < 4.78 is 0. The van der Waals surface area contributed by atoms with Crippen LogP contribution < -0.4 is 5.32 Å². The Bertz CT molecular complexity index is 495. The first-order chi connectivity index (χ1) is 10.0. The lowest BCUT2D eigenvalue weighted by molar-refractivity contribution is -0.138. The minimum Gasteiger partial charge on any atom is -0.480 e. The molecule has 0 aromatic carbocycles. The molecule has 21 heavy (non-hydrogen) atoms. The van der Waals surface area contributed by atoms with E-state index in [0.717, 1.165) is 31.0 Å². The Morgan fingerprint density at radius 3 is 2.71 bits per heavy atom.